The van der Waals surface area contributed by atoms with E-state index in [1.807, 2.05) is 6.07 Å². The molecule has 56 valence electrons. The Morgan fingerprint density at radius 2 is 2.27 bits per heavy atom. The van der Waals surface area contributed by atoms with E-state index in [2.05, 4.69) is 45.5 Å². The van der Waals surface area contributed by atoms with Gasteiger partial charge >= 0.3 is 0 Å². The van der Waals surface area contributed by atoms with Crippen LogP contribution < -0.4 is 5.32 Å². The lowest BCUT2D eigenvalue weighted by Gasteiger charge is -2.12. The Hall–Kier alpha value is -0.760. The van der Waals surface area contributed by atoms with Gasteiger partial charge in [-0.15, -0.1) is 0 Å². The molecule has 0 radical (unpaired) electrons. The summed E-state index contributed by atoms with van der Waals surface area (Å²) in [5.74, 6) is 0. The Labute approximate surface area is 74.2 Å². The molecule has 1 nitrogen and oxygen atoms in total. The largest absolute Gasteiger partial charge is 0.381 e. The van der Waals surface area contributed by atoms with Gasteiger partial charge in [-0.25, -0.2) is 0 Å². The second-order valence-corrected chi connectivity index (χ2v) is 3.43. The van der Waals surface area contributed by atoms with Gasteiger partial charge in [-0.05, 0) is 23.8 Å². The third kappa shape index (κ3) is 1.31. The summed E-state index contributed by atoms with van der Waals surface area (Å²) in [4.78, 5) is 0. The first-order valence-corrected chi connectivity index (χ1v) is 4.35. The Morgan fingerprint density at radius 1 is 1.36 bits per heavy atom. The van der Waals surface area contributed by atoms with Gasteiger partial charge in [0.15, 0.2) is 0 Å². The summed E-state index contributed by atoms with van der Waals surface area (Å²) < 4.78 is 1.13. The van der Waals surface area contributed by atoms with Crippen molar-refractivity contribution in [3.05, 3.63) is 34.3 Å². The summed E-state index contributed by atoms with van der Waals surface area (Å²) in [7, 11) is 0. The Morgan fingerprint density at radius 3 is 3.18 bits per heavy atom. The highest BCUT2D eigenvalue weighted by Gasteiger charge is 2.01. The van der Waals surface area contributed by atoms with Crippen LogP contribution in [0.25, 0.3) is 6.08 Å². The smallest absolute Gasteiger partial charge is 0.0416 e. The lowest BCUT2D eigenvalue weighted by molar-refractivity contribution is 1.31. The van der Waals surface area contributed by atoms with Crippen LogP contribution in [0.2, 0.25) is 0 Å². The molecule has 11 heavy (non-hydrogen) atoms. The standard InChI is InChI=1S/C9H8BrN/c10-8-3-4-9-7(6-8)2-1-5-11-9/h1-4,6,11H,5H2. The Kier molecular flexibility index (Phi) is 1.70. The fraction of sp³-hybridized carbons (Fsp3) is 0.111. The van der Waals surface area contributed by atoms with E-state index < -0.39 is 0 Å². The molecule has 2 heteroatoms. The van der Waals surface area contributed by atoms with Crippen LogP contribution in [0, 0.1) is 0 Å². The van der Waals surface area contributed by atoms with E-state index in [1.54, 1.807) is 0 Å². The van der Waals surface area contributed by atoms with E-state index in [-0.39, 0.29) is 0 Å². The van der Waals surface area contributed by atoms with E-state index in [0.717, 1.165) is 11.0 Å². The first kappa shape index (κ1) is 6.92. The van der Waals surface area contributed by atoms with Crippen LogP contribution in [0.15, 0.2) is 28.7 Å². The van der Waals surface area contributed by atoms with Gasteiger partial charge in [0.25, 0.3) is 0 Å². The van der Waals surface area contributed by atoms with Crippen molar-refractivity contribution < 1.29 is 0 Å². The summed E-state index contributed by atoms with van der Waals surface area (Å²) in [6, 6.07) is 6.24. The Balaban J connectivity index is 2.54. The minimum absolute atomic E-state index is 0.939. The third-order valence-electron chi connectivity index (χ3n) is 1.72. The highest BCUT2D eigenvalue weighted by atomic mass is 79.9. The molecule has 0 atom stereocenters. The number of hydrogen-bond acceptors (Lipinski definition) is 1. The van der Waals surface area contributed by atoms with Crippen LogP contribution >= 0.6 is 15.9 Å². The lowest BCUT2D eigenvalue weighted by atomic mass is 10.1. The fourth-order valence-corrected chi connectivity index (χ4v) is 1.57. The van der Waals surface area contributed by atoms with Gasteiger partial charge in [-0.2, -0.15) is 0 Å². The van der Waals surface area contributed by atoms with Gasteiger partial charge in [0.1, 0.15) is 0 Å². The molecule has 0 saturated carbocycles. The minimum atomic E-state index is 0.939. The topological polar surface area (TPSA) is 12.0 Å². The molecule has 1 heterocycles. The van der Waals surface area contributed by atoms with Crippen LogP contribution in [-0.2, 0) is 0 Å². The van der Waals surface area contributed by atoms with Crippen molar-refractivity contribution in [3.63, 3.8) is 0 Å². The van der Waals surface area contributed by atoms with Gasteiger partial charge in [0, 0.05) is 16.7 Å². The van der Waals surface area contributed by atoms with E-state index >= 15 is 0 Å². The fourth-order valence-electron chi connectivity index (χ4n) is 1.19. The monoisotopic (exact) mass is 209 g/mol. The molecule has 0 fully saturated rings. The van der Waals surface area contributed by atoms with E-state index in [9.17, 15) is 0 Å². The maximum Gasteiger partial charge on any atom is 0.0416 e. The molecular weight excluding hydrogens is 202 g/mol. The predicted octanol–water partition coefficient (Wildman–Crippen LogP) is 2.89. The average molecular weight is 210 g/mol. The predicted molar refractivity (Wildman–Crippen MR) is 51.7 cm³/mol. The van der Waals surface area contributed by atoms with E-state index in [0.29, 0.717) is 0 Å². The van der Waals surface area contributed by atoms with Crippen LogP contribution in [-0.4, -0.2) is 6.54 Å². The first-order valence-electron chi connectivity index (χ1n) is 3.56. The quantitative estimate of drug-likeness (QED) is 0.694. The van der Waals surface area contributed by atoms with Crippen molar-refractivity contribution in [1.82, 2.24) is 0 Å². The summed E-state index contributed by atoms with van der Waals surface area (Å²) in [6.45, 7) is 0.939. The summed E-state index contributed by atoms with van der Waals surface area (Å²) in [5, 5.41) is 3.28. The molecule has 1 aliphatic heterocycles. The SMILES string of the molecule is Brc1ccc2c(c1)C=CCN2. The van der Waals surface area contributed by atoms with E-state index in [1.165, 1.54) is 11.3 Å². The highest BCUT2D eigenvalue weighted by molar-refractivity contribution is 9.10. The molecule has 0 amide bonds. The average Bonchev–Trinajstić information content (AvgIpc) is 2.04. The summed E-state index contributed by atoms with van der Waals surface area (Å²) in [6.07, 6.45) is 4.26. The highest BCUT2D eigenvalue weighted by Crippen LogP contribution is 2.24. The number of benzene rings is 1. The van der Waals surface area contributed by atoms with Crippen LogP contribution in [0.1, 0.15) is 5.56 Å². The zero-order valence-electron chi connectivity index (χ0n) is 5.97. The summed E-state index contributed by atoms with van der Waals surface area (Å²) >= 11 is 3.43. The second kappa shape index (κ2) is 2.70. The van der Waals surface area contributed by atoms with Crippen LogP contribution in [0.3, 0.4) is 0 Å². The lowest BCUT2D eigenvalue weighted by Crippen LogP contribution is -2.03. The zero-order chi connectivity index (χ0) is 7.68. The maximum absolute atomic E-state index is 3.43. The number of nitrogens with one attached hydrogen (secondary N) is 1. The molecular formula is C9H8BrN. The molecule has 0 aliphatic carbocycles. The number of fused-ring (bicyclic) bond motifs is 1. The number of halogens is 1. The molecule has 2 rings (SSSR count). The van der Waals surface area contributed by atoms with E-state index in [4.69, 9.17) is 0 Å². The molecule has 1 aliphatic rings. The number of hydrogen-bond donors (Lipinski definition) is 1. The molecule has 1 N–H and O–H groups in total. The van der Waals surface area contributed by atoms with Crippen molar-refractivity contribution >= 4 is 27.7 Å². The Bertz CT molecular complexity index is 304. The van der Waals surface area contributed by atoms with Crippen molar-refractivity contribution in [2.45, 2.75) is 0 Å². The molecule has 0 saturated heterocycles. The van der Waals surface area contributed by atoms with Gasteiger partial charge in [-0.1, -0.05) is 28.1 Å². The van der Waals surface area contributed by atoms with Crippen molar-refractivity contribution in [3.8, 4) is 0 Å². The maximum atomic E-state index is 3.43. The minimum Gasteiger partial charge on any atom is -0.381 e. The number of anilines is 1. The first-order chi connectivity index (χ1) is 5.36. The molecule has 1 aromatic rings. The second-order valence-electron chi connectivity index (χ2n) is 2.51. The van der Waals surface area contributed by atoms with Crippen LogP contribution in [0.5, 0.6) is 0 Å². The van der Waals surface area contributed by atoms with Gasteiger partial charge in [0.2, 0.25) is 0 Å². The molecule has 0 spiro atoms. The van der Waals surface area contributed by atoms with Gasteiger partial charge in [-0.3, -0.25) is 0 Å². The third-order valence-corrected chi connectivity index (χ3v) is 2.21. The normalized spacial score (nSPS) is 13.9. The molecule has 0 unspecified atom stereocenters. The van der Waals surface area contributed by atoms with Crippen molar-refractivity contribution in [2.24, 2.45) is 0 Å². The van der Waals surface area contributed by atoms with Crippen molar-refractivity contribution in [1.29, 1.82) is 0 Å². The van der Waals surface area contributed by atoms with Gasteiger partial charge < -0.3 is 5.32 Å². The number of rotatable bonds is 0. The summed E-state index contributed by atoms with van der Waals surface area (Å²) in [5.41, 5.74) is 2.47. The molecule has 0 bridgehead atoms. The van der Waals surface area contributed by atoms with Gasteiger partial charge in [0.05, 0.1) is 0 Å². The van der Waals surface area contributed by atoms with Crippen LogP contribution in [0.4, 0.5) is 5.69 Å². The molecule has 1 aromatic carbocycles. The zero-order valence-corrected chi connectivity index (χ0v) is 7.56. The molecule has 0 aromatic heterocycles. The van der Waals surface area contributed by atoms with Crippen molar-refractivity contribution in [2.75, 3.05) is 11.9 Å².